The quantitative estimate of drug-likeness (QED) is 0.166. The van der Waals surface area contributed by atoms with Crippen molar-refractivity contribution in [3.63, 3.8) is 0 Å². The van der Waals surface area contributed by atoms with Crippen molar-refractivity contribution < 1.29 is 4.42 Å². The Morgan fingerprint density at radius 1 is 0.396 bits per heavy atom. The van der Waals surface area contributed by atoms with Gasteiger partial charge in [0.1, 0.15) is 5.52 Å². The van der Waals surface area contributed by atoms with E-state index in [1.807, 2.05) is 47.7 Å². The van der Waals surface area contributed by atoms with E-state index in [1.54, 1.807) is 0 Å². The van der Waals surface area contributed by atoms with Gasteiger partial charge in [0.2, 0.25) is 5.89 Å². The van der Waals surface area contributed by atoms with Crippen LogP contribution in [0.15, 0.2) is 199 Å². The standard InChI is InChI=1S/C49H32N2OS/c1-4-12-33(13-5-1)34-20-24-38(25-21-34)51(40-28-31-46-44(32-40)43-18-10-11-19-45(43)53-46)39-26-22-36(23-27-39)42-30-29-41(35-14-6-2-7-15-35)47-48(42)52-49(50-47)37-16-8-3-9-17-37/h1-32H. The number of nitrogens with zero attached hydrogens (tertiary/aromatic N) is 2. The van der Waals surface area contributed by atoms with Gasteiger partial charge < -0.3 is 9.32 Å². The molecule has 2 aromatic heterocycles. The third kappa shape index (κ3) is 5.66. The molecule has 250 valence electrons. The minimum Gasteiger partial charge on any atom is -0.435 e. The Bertz CT molecular complexity index is 2860. The van der Waals surface area contributed by atoms with Gasteiger partial charge in [-0.05, 0) is 89.0 Å². The fourth-order valence-corrected chi connectivity index (χ4v) is 8.40. The Kier molecular flexibility index (Phi) is 7.67. The van der Waals surface area contributed by atoms with Crippen LogP contribution in [0.25, 0.3) is 76.1 Å². The summed E-state index contributed by atoms with van der Waals surface area (Å²) in [6, 6.07) is 68.6. The number of hydrogen-bond acceptors (Lipinski definition) is 4. The molecule has 4 heteroatoms. The van der Waals surface area contributed by atoms with Crippen molar-refractivity contribution in [3.8, 4) is 44.8 Å². The normalized spacial score (nSPS) is 11.4. The predicted octanol–water partition coefficient (Wildman–Crippen LogP) is 14.3. The molecule has 0 N–H and O–H groups in total. The molecule has 0 unspecified atom stereocenters. The Morgan fingerprint density at radius 2 is 0.906 bits per heavy atom. The summed E-state index contributed by atoms with van der Waals surface area (Å²) in [7, 11) is 0. The van der Waals surface area contributed by atoms with Crippen molar-refractivity contribution in [2.75, 3.05) is 4.90 Å². The maximum absolute atomic E-state index is 6.61. The van der Waals surface area contributed by atoms with E-state index in [4.69, 9.17) is 9.40 Å². The minimum atomic E-state index is 0.614. The van der Waals surface area contributed by atoms with Crippen LogP contribution in [0.3, 0.4) is 0 Å². The molecule has 0 saturated heterocycles. The van der Waals surface area contributed by atoms with Crippen molar-refractivity contribution in [1.29, 1.82) is 0 Å². The summed E-state index contributed by atoms with van der Waals surface area (Å²) >= 11 is 1.84. The molecule has 0 saturated carbocycles. The molecular formula is C49H32N2OS. The number of rotatable bonds is 7. The maximum atomic E-state index is 6.61. The third-order valence-electron chi connectivity index (χ3n) is 9.94. The molecule has 10 rings (SSSR count). The molecule has 0 aliphatic carbocycles. The Balaban J connectivity index is 1.09. The summed E-state index contributed by atoms with van der Waals surface area (Å²) < 4.78 is 9.20. The molecule has 0 fully saturated rings. The Hall–Kier alpha value is -6.75. The molecule has 3 nitrogen and oxygen atoms in total. The topological polar surface area (TPSA) is 29.3 Å². The van der Waals surface area contributed by atoms with Crippen molar-refractivity contribution >= 4 is 59.7 Å². The number of anilines is 3. The maximum Gasteiger partial charge on any atom is 0.227 e. The lowest BCUT2D eigenvalue weighted by atomic mass is 9.98. The number of aromatic nitrogens is 1. The predicted molar refractivity (Wildman–Crippen MR) is 223 cm³/mol. The van der Waals surface area contributed by atoms with Crippen LogP contribution in [0.5, 0.6) is 0 Å². The van der Waals surface area contributed by atoms with E-state index in [0.29, 0.717) is 5.89 Å². The summed E-state index contributed by atoms with van der Waals surface area (Å²) in [5, 5.41) is 2.56. The van der Waals surface area contributed by atoms with Crippen LogP contribution in [0.1, 0.15) is 0 Å². The van der Waals surface area contributed by atoms with Gasteiger partial charge in [-0.25, -0.2) is 4.98 Å². The monoisotopic (exact) mass is 696 g/mol. The molecule has 0 radical (unpaired) electrons. The molecule has 10 aromatic rings. The van der Waals surface area contributed by atoms with Crippen LogP contribution in [0.2, 0.25) is 0 Å². The molecule has 0 aliphatic rings. The second kappa shape index (κ2) is 13.1. The van der Waals surface area contributed by atoms with E-state index in [1.165, 1.54) is 31.3 Å². The fourth-order valence-electron chi connectivity index (χ4n) is 7.31. The van der Waals surface area contributed by atoms with Gasteiger partial charge in [0.25, 0.3) is 0 Å². The zero-order valence-corrected chi connectivity index (χ0v) is 29.5. The molecule has 0 amide bonds. The third-order valence-corrected chi connectivity index (χ3v) is 11.1. The van der Waals surface area contributed by atoms with E-state index in [9.17, 15) is 0 Å². The van der Waals surface area contributed by atoms with Crippen molar-refractivity contribution in [3.05, 3.63) is 194 Å². The first-order valence-electron chi connectivity index (χ1n) is 17.8. The first-order chi connectivity index (χ1) is 26.3. The molecule has 0 spiro atoms. The summed E-state index contributed by atoms with van der Waals surface area (Å²) in [5.41, 5.74) is 12.5. The molecule has 53 heavy (non-hydrogen) atoms. The highest BCUT2D eigenvalue weighted by Gasteiger charge is 2.19. The smallest absolute Gasteiger partial charge is 0.227 e. The summed E-state index contributed by atoms with van der Waals surface area (Å²) in [6.45, 7) is 0. The number of thiophene rings is 1. The van der Waals surface area contributed by atoms with Crippen molar-refractivity contribution in [2.24, 2.45) is 0 Å². The van der Waals surface area contributed by atoms with Gasteiger partial charge >= 0.3 is 0 Å². The van der Waals surface area contributed by atoms with E-state index in [-0.39, 0.29) is 0 Å². The van der Waals surface area contributed by atoms with E-state index >= 15 is 0 Å². The van der Waals surface area contributed by atoms with Crippen LogP contribution < -0.4 is 4.90 Å². The van der Waals surface area contributed by atoms with Crippen molar-refractivity contribution in [1.82, 2.24) is 4.98 Å². The van der Waals surface area contributed by atoms with Gasteiger partial charge in [0.15, 0.2) is 5.58 Å². The van der Waals surface area contributed by atoms with Gasteiger partial charge in [0, 0.05) is 53.9 Å². The minimum absolute atomic E-state index is 0.614. The summed E-state index contributed by atoms with van der Waals surface area (Å²) in [4.78, 5) is 7.42. The van der Waals surface area contributed by atoms with E-state index in [2.05, 4.69) is 163 Å². The average molecular weight is 697 g/mol. The molecule has 0 atom stereocenters. The second-order valence-corrected chi connectivity index (χ2v) is 14.2. The molecule has 8 aromatic carbocycles. The zero-order valence-electron chi connectivity index (χ0n) is 28.7. The molecular weight excluding hydrogens is 665 g/mol. The Morgan fingerprint density at radius 3 is 1.60 bits per heavy atom. The van der Waals surface area contributed by atoms with E-state index < -0.39 is 0 Å². The lowest BCUT2D eigenvalue weighted by Gasteiger charge is -2.26. The zero-order chi connectivity index (χ0) is 35.1. The number of fused-ring (bicyclic) bond motifs is 4. The highest BCUT2D eigenvalue weighted by Crippen LogP contribution is 2.43. The van der Waals surface area contributed by atoms with Gasteiger partial charge in [-0.3, -0.25) is 0 Å². The number of hydrogen-bond donors (Lipinski definition) is 0. The van der Waals surface area contributed by atoms with Crippen LogP contribution in [0, 0.1) is 0 Å². The van der Waals surface area contributed by atoms with Gasteiger partial charge in [-0.1, -0.05) is 127 Å². The van der Waals surface area contributed by atoms with Gasteiger partial charge in [-0.15, -0.1) is 11.3 Å². The molecule has 0 aliphatic heterocycles. The molecule has 2 heterocycles. The summed E-state index contributed by atoms with van der Waals surface area (Å²) in [6.07, 6.45) is 0. The first-order valence-corrected chi connectivity index (χ1v) is 18.6. The van der Waals surface area contributed by atoms with Crippen LogP contribution in [-0.4, -0.2) is 4.98 Å². The average Bonchev–Trinajstić information content (AvgIpc) is 3.85. The van der Waals surface area contributed by atoms with Crippen LogP contribution >= 0.6 is 11.3 Å². The van der Waals surface area contributed by atoms with Gasteiger partial charge in [0.05, 0.1) is 0 Å². The highest BCUT2D eigenvalue weighted by molar-refractivity contribution is 7.25. The Labute approximate surface area is 311 Å². The van der Waals surface area contributed by atoms with Crippen molar-refractivity contribution in [2.45, 2.75) is 0 Å². The second-order valence-electron chi connectivity index (χ2n) is 13.2. The lowest BCUT2D eigenvalue weighted by Crippen LogP contribution is -2.09. The largest absolute Gasteiger partial charge is 0.435 e. The van der Waals surface area contributed by atoms with E-state index in [0.717, 1.165) is 56.0 Å². The SMILES string of the molecule is c1ccc(-c2ccc(N(c3ccc(-c4ccc(-c5ccccc5)c5nc(-c6ccccc6)oc45)cc3)c3ccc4sc5ccccc5c4c3)cc2)cc1. The van der Waals surface area contributed by atoms with Gasteiger partial charge in [-0.2, -0.15) is 0 Å². The molecule has 0 bridgehead atoms. The number of benzene rings is 8. The number of oxazole rings is 1. The fraction of sp³-hybridized carbons (Fsp3) is 0. The van der Waals surface area contributed by atoms with Crippen LogP contribution in [-0.2, 0) is 0 Å². The summed E-state index contributed by atoms with van der Waals surface area (Å²) in [5.74, 6) is 0.614. The first kappa shape index (κ1) is 31.0. The highest BCUT2D eigenvalue weighted by atomic mass is 32.1. The van der Waals surface area contributed by atoms with Crippen LogP contribution in [0.4, 0.5) is 17.1 Å². The lowest BCUT2D eigenvalue weighted by molar-refractivity contribution is 0.621.